The molecular weight excluding hydrogens is 692 g/mol. The largest absolute Gasteiger partial charge is 0.482 e. The molecule has 2 aromatic heterocycles. The maximum Gasteiger partial charge on any atom is 0.345 e. The smallest absolute Gasteiger partial charge is 0.345 e. The number of nitriles is 1. The fourth-order valence-electron chi connectivity index (χ4n) is 9.34. The molecule has 0 bridgehead atoms. The van der Waals surface area contributed by atoms with Gasteiger partial charge in [-0.2, -0.15) is 5.26 Å². The van der Waals surface area contributed by atoms with Crippen LogP contribution >= 0.6 is 0 Å². The van der Waals surface area contributed by atoms with Crippen LogP contribution in [-0.2, 0) is 19.0 Å². The summed E-state index contributed by atoms with van der Waals surface area (Å²) in [6.45, 7) is 6.79. The summed E-state index contributed by atoms with van der Waals surface area (Å²) in [5.41, 5.74) is -2.75. The molecule has 0 amide bonds. The van der Waals surface area contributed by atoms with Crippen molar-refractivity contribution in [3.05, 3.63) is 118 Å². The van der Waals surface area contributed by atoms with Gasteiger partial charge in [-0.3, -0.25) is 9.78 Å². The van der Waals surface area contributed by atoms with Crippen LogP contribution in [0, 0.1) is 34.0 Å². The van der Waals surface area contributed by atoms with E-state index in [1.54, 1.807) is 55.6 Å². The van der Waals surface area contributed by atoms with E-state index in [1.807, 2.05) is 19.9 Å². The van der Waals surface area contributed by atoms with Gasteiger partial charge in [0.15, 0.2) is 0 Å². The Morgan fingerprint density at radius 2 is 1.69 bits per heavy atom. The highest BCUT2D eigenvalue weighted by atomic mass is 16.6. The first-order chi connectivity index (χ1) is 25.8. The zero-order chi connectivity index (χ0) is 38.4. The SMILES string of the molecule is CC(=O)O[C@H]1CC[C@@]2(C)C(C[C@H](OC(=O)c3ccc(C#N)cc3)[C@@]3(C)Oc4cc(-c5cccnc5)oc(=O)c4[C@H](O)C23)[C@]1(C)COC(=O)c1ccccc1. The molecule has 8 atom stereocenters. The van der Waals surface area contributed by atoms with Crippen LogP contribution in [0.15, 0.2) is 94.4 Å². The number of pyridine rings is 1. The van der Waals surface area contributed by atoms with E-state index in [9.17, 15) is 29.5 Å². The summed E-state index contributed by atoms with van der Waals surface area (Å²) in [6, 6.07) is 21.5. The van der Waals surface area contributed by atoms with Crippen LogP contribution in [0.5, 0.6) is 5.75 Å². The molecule has 7 rings (SSSR count). The first kappa shape index (κ1) is 36.6. The summed E-state index contributed by atoms with van der Waals surface area (Å²) in [5.74, 6) is -2.88. The first-order valence-corrected chi connectivity index (χ1v) is 17.8. The average molecular weight is 733 g/mol. The number of hydrogen-bond donors (Lipinski definition) is 1. The highest BCUT2D eigenvalue weighted by molar-refractivity contribution is 5.90. The second kappa shape index (κ2) is 13.9. The van der Waals surface area contributed by atoms with E-state index in [-0.39, 0.29) is 35.7 Å². The summed E-state index contributed by atoms with van der Waals surface area (Å²) in [4.78, 5) is 57.6. The predicted molar refractivity (Wildman–Crippen MR) is 192 cm³/mol. The van der Waals surface area contributed by atoms with E-state index in [2.05, 4.69) is 4.98 Å². The highest BCUT2D eigenvalue weighted by Crippen LogP contribution is 2.67. The molecule has 2 fully saturated rings. The minimum Gasteiger partial charge on any atom is -0.482 e. The fraction of sp³-hybridized carbons (Fsp3) is 0.381. The number of aromatic nitrogens is 1. The van der Waals surface area contributed by atoms with Crippen LogP contribution in [0.3, 0.4) is 0 Å². The molecule has 1 aliphatic heterocycles. The number of aliphatic hydroxyl groups is 1. The van der Waals surface area contributed by atoms with Gasteiger partial charge in [-0.05, 0) is 86.1 Å². The normalized spacial score (nSPS) is 29.5. The van der Waals surface area contributed by atoms with E-state index in [4.69, 9.17) is 23.4 Å². The molecule has 0 spiro atoms. The van der Waals surface area contributed by atoms with E-state index < -0.39 is 70.1 Å². The predicted octanol–water partition coefficient (Wildman–Crippen LogP) is 6.21. The number of fused-ring (bicyclic) bond motifs is 4. The van der Waals surface area contributed by atoms with E-state index in [0.29, 0.717) is 29.5 Å². The Morgan fingerprint density at radius 1 is 0.963 bits per heavy atom. The number of benzene rings is 2. The van der Waals surface area contributed by atoms with Crippen molar-refractivity contribution >= 4 is 17.9 Å². The lowest BCUT2D eigenvalue weighted by molar-refractivity contribution is -0.265. The van der Waals surface area contributed by atoms with Crippen molar-refractivity contribution in [1.29, 1.82) is 5.26 Å². The van der Waals surface area contributed by atoms with Crippen LogP contribution < -0.4 is 10.4 Å². The van der Waals surface area contributed by atoms with Gasteiger partial charge in [-0.1, -0.05) is 32.0 Å². The molecular formula is C42H40N2O10. The van der Waals surface area contributed by atoms with Crippen molar-refractivity contribution in [2.24, 2.45) is 22.7 Å². The molecule has 12 nitrogen and oxygen atoms in total. The van der Waals surface area contributed by atoms with Gasteiger partial charge < -0.3 is 28.5 Å². The van der Waals surface area contributed by atoms with E-state index in [0.717, 1.165) is 0 Å². The molecule has 2 aromatic carbocycles. The van der Waals surface area contributed by atoms with Crippen molar-refractivity contribution in [1.82, 2.24) is 4.98 Å². The highest BCUT2D eigenvalue weighted by Gasteiger charge is 2.71. The standard InChI is InChI=1S/C42H40N2O10/c1-24(45)51-32-16-17-40(2)31(41(32,3)23-50-37(47)26-9-6-5-7-10-26)20-33(53-38(48)27-14-12-25(21-43)13-15-27)42(4)36(40)35(46)34-30(54-42)19-29(52-39(34)49)28-11-8-18-44-22-28/h5-15,18-19,22,31-33,35-36,46H,16-17,20,23H2,1-4H3/t31?,32-,33-,35-,36?,40-,41-,42+/m0/s1. The monoisotopic (exact) mass is 732 g/mol. The molecule has 2 unspecified atom stereocenters. The molecule has 2 aliphatic carbocycles. The van der Waals surface area contributed by atoms with Crippen LogP contribution in [0.25, 0.3) is 11.3 Å². The third kappa shape index (κ3) is 6.22. The minimum absolute atomic E-state index is 0.0662. The number of aliphatic hydroxyl groups excluding tert-OH is 1. The average Bonchev–Trinajstić information content (AvgIpc) is 3.16. The molecule has 1 N–H and O–H groups in total. The Morgan fingerprint density at radius 3 is 2.35 bits per heavy atom. The maximum absolute atomic E-state index is 13.9. The molecule has 0 saturated heterocycles. The fourth-order valence-corrected chi connectivity index (χ4v) is 9.34. The van der Waals surface area contributed by atoms with Crippen molar-refractivity contribution < 1.29 is 42.9 Å². The van der Waals surface area contributed by atoms with Gasteiger partial charge in [-0.15, -0.1) is 0 Å². The number of carbonyl (C=O) groups is 3. The van der Waals surface area contributed by atoms with Gasteiger partial charge in [0.2, 0.25) is 0 Å². The third-order valence-corrected chi connectivity index (χ3v) is 11.9. The summed E-state index contributed by atoms with van der Waals surface area (Å²) in [5, 5.41) is 21.8. The van der Waals surface area contributed by atoms with Crippen molar-refractivity contribution in [2.45, 2.75) is 70.9 Å². The summed E-state index contributed by atoms with van der Waals surface area (Å²) in [6.07, 6.45) is 0.856. The van der Waals surface area contributed by atoms with Crippen molar-refractivity contribution in [2.75, 3.05) is 6.61 Å². The lowest BCUT2D eigenvalue weighted by atomic mass is 9.42. The summed E-state index contributed by atoms with van der Waals surface area (Å²) >= 11 is 0. The number of esters is 3. The van der Waals surface area contributed by atoms with Gasteiger partial charge in [0.1, 0.15) is 41.5 Å². The Bertz CT molecular complexity index is 2180. The second-order valence-corrected chi connectivity index (χ2v) is 15.1. The Kier molecular flexibility index (Phi) is 9.39. The quantitative estimate of drug-likeness (QED) is 0.168. The molecule has 4 aromatic rings. The number of nitrogens with zero attached hydrogens (tertiary/aromatic N) is 2. The lowest BCUT2D eigenvalue weighted by Gasteiger charge is -2.66. The van der Waals surface area contributed by atoms with Crippen LogP contribution in [-0.4, -0.2) is 52.4 Å². The Balaban J connectivity index is 1.34. The van der Waals surface area contributed by atoms with E-state index >= 15 is 0 Å². The molecule has 2 saturated carbocycles. The second-order valence-electron chi connectivity index (χ2n) is 15.1. The third-order valence-electron chi connectivity index (χ3n) is 11.9. The number of hydrogen-bond acceptors (Lipinski definition) is 12. The molecule has 54 heavy (non-hydrogen) atoms. The van der Waals surface area contributed by atoms with Gasteiger partial charge >= 0.3 is 23.5 Å². The zero-order valence-electron chi connectivity index (χ0n) is 30.3. The maximum atomic E-state index is 13.9. The van der Waals surface area contributed by atoms with E-state index in [1.165, 1.54) is 43.5 Å². The first-order valence-electron chi connectivity index (χ1n) is 17.8. The zero-order valence-corrected chi connectivity index (χ0v) is 30.3. The van der Waals surface area contributed by atoms with Gasteiger partial charge in [0, 0.05) is 42.3 Å². The summed E-state index contributed by atoms with van der Waals surface area (Å²) in [7, 11) is 0. The summed E-state index contributed by atoms with van der Waals surface area (Å²) < 4.78 is 30.8. The van der Waals surface area contributed by atoms with Gasteiger partial charge in [0.25, 0.3) is 0 Å². The molecule has 278 valence electrons. The van der Waals surface area contributed by atoms with Crippen LogP contribution in [0.2, 0.25) is 0 Å². The van der Waals surface area contributed by atoms with Crippen molar-refractivity contribution in [3.8, 4) is 23.1 Å². The van der Waals surface area contributed by atoms with Gasteiger partial charge in [-0.25, -0.2) is 14.4 Å². The lowest BCUT2D eigenvalue weighted by Crippen LogP contribution is -2.71. The van der Waals surface area contributed by atoms with Crippen molar-refractivity contribution in [3.63, 3.8) is 0 Å². The topological polar surface area (TPSA) is 175 Å². The van der Waals surface area contributed by atoms with Crippen LogP contribution in [0.4, 0.5) is 0 Å². The number of carbonyl (C=O) groups excluding carboxylic acids is 3. The number of rotatable bonds is 7. The Labute approximate surface area is 311 Å². The van der Waals surface area contributed by atoms with Gasteiger partial charge in [0.05, 0.1) is 28.9 Å². The molecule has 12 heteroatoms. The molecule has 3 aliphatic rings. The molecule has 0 radical (unpaired) electrons. The van der Waals surface area contributed by atoms with Crippen LogP contribution in [0.1, 0.15) is 84.9 Å². The Hall–Kier alpha value is -5.80. The minimum atomic E-state index is -1.44. The number of ether oxygens (including phenoxy) is 4. The molecule has 3 heterocycles.